The van der Waals surface area contributed by atoms with Crippen LogP contribution in [0.2, 0.25) is 0 Å². The number of para-hydroxylation sites is 2. The Morgan fingerprint density at radius 3 is 2.77 bits per heavy atom. The number of benzene rings is 1. The number of nitrogens with two attached hydrogens (primary N) is 1. The maximum atomic E-state index is 11.8. The fourth-order valence-corrected chi connectivity index (χ4v) is 2.81. The van der Waals surface area contributed by atoms with Crippen LogP contribution in [0.25, 0.3) is 0 Å². The molecular weight excluding hydrogens is 284 g/mol. The fraction of sp³-hybridized carbons (Fsp3) is 0.533. The lowest BCUT2D eigenvalue weighted by Gasteiger charge is -2.15. The van der Waals surface area contributed by atoms with Gasteiger partial charge in [-0.05, 0) is 24.8 Å². The lowest BCUT2D eigenvalue weighted by Crippen LogP contribution is -2.33. The number of anilines is 1. The van der Waals surface area contributed by atoms with Crippen molar-refractivity contribution in [3.8, 4) is 0 Å². The summed E-state index contributed by atoms with van der Waals surface area (Å²) in [5.41, 5.74) is 6.44. The Morgan fingerprint density at radius 1 is 1.32 bits per heavy atom. The van der Waals surface area contributed by atoms with Crippen LogP contribution in [-0.4, -0.2) is 30.0 Å². The van der Waals surface area contributed by atoms with Crippen molar-refractivity contribution in [2.75, 3.05) is 18.4 Å². The number of rotatable bonds is 7. The van der Waals surface area contributed by atoms with Gasteiger partial charge in [-0.2, -0.15) is 0 Å². The van der Waals surface area contributed by atoms with Gasteiger partial charge in [0.05, 0.1) is 4.92 Å². The van der Waals surface area contributed by atoms with E-state index in [2.05, 4.69) is 10.6 Å². The van der Waals surface area contributed by atoms with Crippen LogP contribution >= 0.6 is 0 Å². The normalized spacial score (nSPS) is 20.6. The van der Waals surface area contributed by atoms with Gasteiger partial charge in [0, 0.05) is 31.6 Å². The van der Waals surface area contributed by atoms with Crippen LogP contribution in [0.5, 0.6) is 0 Å². The van der Waals surface area contributed by atoms with E-state index in [9.17, 15) is 14.9 Å². The van der Waals surface area contributed by atoms with E-state index in [1.807, 2.05) is 0 Å². The van der Waals surface area contributed by atoms with Crippen LogP contribution in [0.1, 0.15) is 25.7 Å². The van der Waals surface area contributed by atoms with Gasteiger partial charge in [0.15, 0.2) is 0 Å². The highest BCUT2D eigenvalue weighted by Gasteiger charge is 2.25. The monoisotopic (exact) mass is 306 g/mol. The number of nitro groups is 1. The molecule has 1 aromatic carbocycles. The van der Waals surface area contributed by atoms with Crippen LogP contribution in [-0.2, 0) is 4.79 Å². The zero-order valence-electron chi connectivity index (χ0n) is 12.5. The van der Waals surface area contributed by atoms with Gasteiger partial charge in [-0.25, -0.2) is 0 Å². The van der Waals surface area contributed by atoms with Crippen molar-refractivity contribution in [3.05, 3.63) is 34.4 Å². The number of hydrogen-bond acceptors (Lipinski definition) is 5. The van der Waals surface area contributed by atoms with Crippen LogP contribution in [0.4, 0.5) is 11.4 Å². The highest BCUT2D eigenvalue weighted by atomic mass is 16.6. The van der Waals surface area contributed by atoms with E-state index in [0.717, 1.165) is 19.3 Å². The molecule has 0 saturated heterocycles. The Morgan fingerprint density at radius 2 is 2.09 bits per heavy atom. The molecule has 7 nitrogen and oxygen atoms in total. The Bertz CT molecular complexity index is 535. The number of nitrogens with zero attached hydrogens (tertiary/aromatic N) is 1. The molecule has 0 spiro atoms. The predicted octanol–water partition coefficient (Wildman–Crippen LogP) is 1.64. The SMILES string of the molecule is N[C@@H]1CCC[C@H]1CC(=O)NCCNc1ccccc1[N+](=O)[O-]. The summed E-state index contributed by atoms with van der Waals surface area (Å²) in [4.78, 5) is 22.3. The molecule has 1 fully saturated rings. The summed E-state index contributed by atoms with van der Waals surface area (Å²) >= 11 is 0. The standard InChI is InChI=1S/C15H22N4O3/c16-12-5-3-4-11(12)10-15(20)18-9-8-17-13-6-1-2-7-14(13)19(21)22/h1-2,6-7,11-12,17H,3-5,8-10,16H2,(H,18,20)/t11-,12+/m0/s1. The molecule has 4 N–H and O–H groups in total. The predicted molar refractivity (Wildman–Crippen MR) is 84.5 cm³/mol. The summed E-state index contributed by atoms with van der Waals surface area (Å²) in [6.45, 7) is 0.861. The second-order valence-corrected chi connectivity index (χ2v) is 5.61. The zero-order chi connectivity index (χ0) is 15.9. The van der Waals surface area contributed by atoms with Crippen molar-refractivity contribution in [1.29, 1.82) is 0 Å². The van der Waals surface area contributed by atoms with Crippen molar-refractivity contribution < 1.29 is 9.72 Å². The number of carbonyl (C=O) groups excluding carboxylic acids is 1. The van der Waals surface area contributed by atoms with E-state index in [1.54, 1.807) is 18.2 Å². The van der Waals surface area contributed by atoms with Gasteiger partial charge in [0.2, 0.25) is 5.91 Å². The van der Waals surface area contributed by atoms with E-state index in [0.29, 0.717) is 25.2 Å². The molecule has 1 saturated carbocycles. The van der Waals surface area contributed by atoms with Gasteiger partial charge in [0.1, 0.15) is 5.69 Å². The van der Waals surface area contributed by atoms with Gasteiger partial charge in [0.25, 0.3) is 5.69 Å². The minimum atomic E-state index is -0.428. The number of hydrogen-bond donors (Lipinski definition) is 3. The molecule has 0 unspecified atom stereocenters. The molecular formula is C15H22N4O3. The first-order chi connectivity index (χ1) is 10.6. The molecule has 7 heteroatoms. The molecule has 2 atom stereocenters. The summed E-state index contributed by atoms with van der Waals surface area (Å²) < 4.78 is 0. The maximum Gasteiger partial charge on any atom is 0.292 e. The minimum Gasteiger partial charge on any atom is -0.378 e. The number of carbonyl (C=O) groups is 1. The van der Waals surface area contributed by atoms with Gasteiger partial charge in [-0.15, -0.1) is 0 Å². The molecule has 0 bridgehead atoms. The molecule has 0 heterocycles. The molecule has 2 rings (SSSR count). The smallest absolute Gasteiger partial charge is 0.292 e. The first-order valence-corrected chi connectivity index (χ1v) is 7.57. The number of amides is 1. The first-order valence-electron chi connectivity index (χ1n) is 7.57. The lowest BCUT2D eigenvalue weighted by atomic mass is 10.00. The molecule has 22 heavy (non-hydrogen) atoms. The second-order valence-electron chi connectivity index (χ2n) is 5.61. The third-order valence-electron chi connectivity index (χ3n) is 4.03. The Kier molecular flexibility index (Phi) is 5.71. The number of nitro benzene ring substituents is 1. The average Bonchev–Trinajstić information content (AvgIpc) is 2.89. The highest BCUT2D eigenvalue weighted by molar-refractivity contribution is 5.76. The molecule has 1 amide bonds. The zero-order valence-corrected chi connectivity index (χ0v) is 12.5. The van der Waals surface area contributed by atoms with Gasteiger partial charge >= 0.3 is 0 Å². The van der Waals surface area contributed by atoms with Gasteiger partial charge < -0.3 is 16.4 Å². The van der Waals surface area contributed by atoms with Crippen LogP contribution in [0, 0.1) is 16.0 Å². The Labute approximate surface area is 129 Å². The Balaban J connectivity index is 1.71. The van der Waals surface area contributed by atoms with Crippen molar-refractivity contribution in [2.24, 2.45) is 11.7 Å². The highest BCUT2D eigenvalue weighted by Crippen LogP contribution is 2.26. The van der Waals surface area contributed by atoms with Crippen LogP contribution < -0.4 is 16.4 Å². The van der Waals surface area contributed by atoms with E-state index in [1.165, 1.54) is 6.07 Å². The summed E-state index contributed by atoms with van der Waals surface area (Å²) in [5, 5.41) is 16.7. The number of nitrogens with one attached hydrogen (secondary N) is 2. The van der Waals surface area contributed by atoms with E-state index < -0.39 is 4.92 Å². The van der Waals surface area contributed by atoms with Crippen LogP contribution in [0.3, 0.4) is 0 Å². The summed E-state index contributed by atoms with van der Waals surface area (Å²) in [6, 6.07) is 6.58. The first kappa shape index (κ1) is 16.2. The van der Waals surface area contributed by atoms with Gasteiger partial charge in [-0.1, -0.05) is 18.6 Å². The molecule has 1 aliphatic rings. The molecule has 0 radical (unpaired) electrons. The van der Waals surface area contributed by atoms with Crippen LogP contribution in [0.15, 0.2) is 24.3 Å². The molecule has 0 aliphatic heterocycles. The topological polar surface area (TPSA) is 110 Å². The van der Waals surface area contributed by atoms with E-state index in [4.69, 9.17) is 5.73 Å². The summed E-state index contributed by atoms with van der Waals surface area (Å²) in [6.07, 6.45) is 3.57. The summed E-state index contributed by atoms with van der Waals surface area (Å²) in [5.74, 6) is 0.273. The summed E-state index contributed by atoms with van der Waals surface area (Å²) in [7, 11) is 0. The minimum absolute atomic E-state index is 0.00767. The van der Waals surface area contributed by atoms with Crippen molar-refractivity contribution >= 4 is 17.3 Å². The van der Waals surface area contributed by atoms with E-state index in [-0.39, 0.29) is 23.6 Å². The quantitative estimate of drug-likeness (QED) is 0.403. The third-order valence-corrected chi connectivity index (χ3v) is 4.03. The molecule has 1 aliphatic carbocycles. The van der Waals surface area contributed by atoms with Gasteiger partial charge in [-0.3, -0.25) is 14.9 Å². The van der Waals surface area contributed by atoms with Crippen molar-refractivity contribution in [1.82, 2.24) is 5.32 Å². The van der Waals surface area contributed by atoms with Crippen molar-refractivity contribution in [3.63, 3.8) is 0 Å². The average molecular weight is 306 g/mol. The van der Waals surface area contributed by atoms with Crippen molar-refractivity contribution in [2.45, 2.75) is 31.7 Å². The Hall–Kier alpha value is -2.15. The third kappa shape index (κ3) is 4.42. The largest absolute Gasteiger partial charge is 0.378 e. The molecule has 1 aromatic rings. The maximum absolute atomic E-state index is 11.8. The van der Waals surface area contributed by atoms with E-state index >= 15 is 0 Å². The molecule has 120 valence electrons. The molecule has 0 aromatic heterocycles. The second kappa shape index (κ2) is 7.74. The fourth-order valence-electron chi connectivity index (χ4n) is 2.81. The lowest BCUT2D eigenvalue weighted by molar-refractivity contribution is -0.384.